The highest BCUT2D eigenvalue weighted by Gasteiger charge is 1.93. The highest BCUT2D eigenvalue weighted by Crippen LogP contribution is 2.03. The molecule has 0 aliphatic rings. The molecule has 0 bridgehead atoms. The molecule has 0 spiro atoms. The van der Waals surface area contributed by atoms with Gasteiger partial charge in [0.1, 0.15) is 12.4 Å². The Morgan fingerprint density at radius 2 is 2.60 bits per heavy atom. The quantitative estimate of drug-likeness (QED) is 0.598. The summed E-state index contributed by atoms with van der Waals surface area (Å²) in [5.74, 6) is 1.53. The third-order valence-corrected chi connectivity index (χ3v) is 1.04. The van der Waals surface area contributed by atoms with E-state index >= 15 is 0 Å². The summed E-state index contributed by atoms with van der Waals surface area (Å²) in [6.07, 6.45) is 1.62. The second-order valence-corrected chi connectivity index (χ2v) is 2.07. The van der Waals surface area contributed by atoms with E-state index in [0.717, 1.165) is 5.76 Å². The van der Waals surface area contributed by atoms with E-state index < -0.39 is 0 Å². The van der Waals surface area contributed by atoms with E-state index in [4.69, 9.17) is 9.15 Å². The lowest BCUT2D eigenvalue weighted by Crippen LogP contribution is -1.86. The average Bonchev–Trinajstić information content (AvgIpc) is 2.34. The van der Waals surface area contributed by atoms with Crippen molar-refractivity contribution in [2.45, 2.75) is 13.5 Å². The first-order valence-electron chi connectivity index (χ1n) is 3.10. The van der Waals surface area contributed by atoms with Crippen molar-refractivity contribution in [2.24, 2.45) is 0 Å². The summed E-state index contributed by atoms with van der Waals surface area (Å²) in [5, 5.41) is 0. The minimum Gasteiger partial charge on any atom is -0.491 e. The van der Waals surface area contributed by atoms with Gasteiger partial charge in [-0.1, -0.05) is 6.58 Å². The molecule has 2 heteroatoms. The van der Waals surface area contributed by atoms with Crippen molar-refractivity contribution in [3.05, 3.63) is 36.5 Å². The van der Waals surface area contributed by atoms with Crippen LogP contribution in [0.15, 0.2) is 35.2 Å². The third-order valence-electron chi connectivity index (χ3n) is 1.04. The lowest BCUT2D eigenvalue weighted by molar-refractivity contribution is 0.180. The summed E-state index contributed by atoms with van der Waals surface area (Å²) >= 11 is 0. The Labute approximate surface area is 60.1 Å². The van der Waals surface area contributed by atoms with Gasteiger partial charge in [0.25, 0.3) is 0 Å². The SMILES string of the molecule is C=C(C)OCc1ccco1. The molecule has 1 aromatic rings. The summed E-state index contributed by atoms with van der Waals surface area (Å²) < 4.78 is 10.1. The number of hydrogen-bond donors (Lipinski definition) is 0. The van der Waals surface area contributed by atoms with Crippen LogP contribution in [0.4, 0.5) is 0 Å². The minimum atomic E-state index is 0.475. The van der Waals surface area contributed by atoms with E-state index in [2.05, 4.69) is 6.58 Å². The predicted molar refractivity (Wildman–Crippen MR) is 38.3 cm³/mol. The summed E-state index contributed by atoms with van der Waals surface area (Å²) in [6, 6.07) is 3.69. The number of furan rings is 1. The van der Waals surface area contributed by atoms with E-state index in [0.29, 0.717) is 12.4 Å². The van der Waals surface area contributed by atoms with Gasteiger partial charge in [-0.05, 0) is 19.1 Å². The van der Waals surface area contributed by atoms with Crippen LogP contribution in [0.1, 0.15) is 12.7 Å². The van der Waals surface area contributed by atoms with Crippen molar-refractivity contribution in [2.75, 3.05) is 0 Å². The van der Waals surface area contributed by atoms with Crippen molar-refractivity contribution >= 4 is 0 Å². The maximum absolute atomic E-state index is 5.10. The van der Waals surface area contributed by atoms with E-state index in [1.807, 2.05) is 19.1 Å². The second kappa shape index (κ2) is 3.11. The van der Waals surface area contributed by atoms with Gasteiger partial charge in [0.15, 0.2) is 0 Å². The average molecular weight is 138 g/mol. The molecule has 1 aromatic heterocycles. The molecule has 54 valence electrons. The van der Waals surface area contributed by atoms with Crippen molar-refractivity contribution in [1.82, 2.24) is 0 Å². The van der Waals surface area contributed by atoms with Crippen molar-refractivity contribution in [3.8, 4) is 0 Å². The molecule has 0 amide bonds. The first-order chi connectivity index (χ1) is 4.79. The summed E-state index contributed by atoms with van der Waals surface area (Å²) in [7, 11) is 0. The second-order valence-electron chi connectivity index (χ2n) is 2.07. The van der Waals surface area contributed by atoms with Gasteiger partial charge in [0, 0.05) is 0 Å². The number of ether oxygens (including phenoxy) is 1. The van der Waals surface area contributed by atoms with Gasteiger partial charge < -0.3 is 9.15 Å². The largest absolute Gasteiger partial charge is 0.491 e. The Hall–Kier alpha value is -1.18. The van der Waals surface area contributed by atoms with Crippen LogP contribution < -0.4 is 0 Å². The van der Waals surface area contributed by atoms with Crippen LogP contribution in [-0.2, 0) is 11.3 Å². The molecule has 0 aliphatic carbocycles. The molecule has 0 N–H and O–H groups in total. The molecule has 0 aliphatic heterocycles. The summed E-state index contributed by atoms with van der Waals surface area (Å²) in [5.41, 5.74) is 0. The van der Waals surface area contributed by atoms with Crippen LogP contribution in [0.5, 0.6) is 0 Å². The fourth-order valence-electron chi connectivity index (χ4n) is 0.589. The maximum Gasteiger partial charge on any atom is 0.145 e. The van der Waals surface area contributed by atoms with Crippen LogP contribution in [0.2, 0.25) is 0 Å². The zero-order chi connectivity index (χ0) is 7.40. The summed E-state index contributed by atoms with van der Waals surface area (Å²) in [4.78, 5) is 0. The fourth-order valence-corrected chi connectivity index (χ4v) is 0.589. The Kier molecular flexibility index (Phi) is 2.15. The van der Waals surface area contributed by atoms with Gasteiger partial charge in [0.05, 0.1) is 12.0 Å². The molecule has 0 radical (unpaired) electrons. The van der Waals surface area contributed by atoms with Crippen LogP contribution in [-0.4, -0.2) is 0 Å². The zero-order valence-corrected chi connectivity index (χ0v) is 5.96. The van der Waals surface area contributed by atoms with Crippen LogP contribution in [0.3, 0.4) is 0 Å². The van der Waals surface area contributed by atoms with E-state index in [1.54, 1.807) is 6.26 Å². The van der Waals surface area contributed by atoms with Gasteiger partial charge in [0.2, 0.25) is 0 Å². The molecule has 10 heavy (non-hydrogen) atoms. The Bertz CT molecular complexity index is 199. The molecule has 1 rings (SSSR count). The summed E-state index contributed by atoms with van der Waals surface area (Å²) in [6.45, 7) is 5.87. The maximum atomic E-state index is 5.10. The molecular weight excluding hydrogens is 128 g/mol. The predicted octanol–water partition coefficient (Wildman–Crippen LogP) is 2.33. The molecular formula is C8H10O2. The molecule has 0 fully saturated rings. The molecule has 0 saturated heterocycles. The van der Waals surface area contributed by atoms with Gasteiger partial charge in [-0.2, -0.15) is 0 Å². The molecule has 0 aromatic carbocycles. The third kappa shape index (κ3) is 1.97. The van der Waals surface area contributed by atoms with Crippen LogP contribution in [0.25, 0.3) is 0 Å². The standard InChI is InChI=1S/C8H10O2/c1-7(2)10-6-8-4-3-5-9-8/h3-5H,1,6H2,2H3. The monoisotopic (exact) mass is 138 g/mol. The first-order valence-corrected chi connectivity index (χ1v) is 3.10. The van der Waals surface area contributed by atoms with Gasteiger partial charge in [-0.25, -0.2) is 0 Å². The lowest BCUT2D eigenvalue weighted by atomic mass is 10.5. The number of allylic oxidation sites excluding steroid dienone is 1. The molecule has 0 atom stereocenters. The Balaban J connectivity index is 2.35. The van der Waals surface area contributed by atoms with Crippen molar-refractivity contribution < 1.29 is 9.15 Å². The molecule has 0 saturated carbocycles. The van der Waals surface area contributed by atoms with E-state index in [9.17, 15) is 0 Å². The number of rotatable bonds is 3. The Morgan fingerprint density at radius 3 is 3.10 bits per heavy atom. The van der Waals surface area contributed by atoms with Gasteiger partial charge >= 0.3 is 0 Å². The first kappa shape index (κ1) is 6.93. The molecule has 0 unspecified atom stereocenters. The molecule has 1 heterocycles. The van der Waals surface area contributed by atoms with Crippen molar-refractivity contribution in [3.63, 3.8) is 0 Å². The van der Waals surface area contributed by atoms with E-state index in [1.165, 1.54) is 0 Å². The van der Waals surface area contributed by atoms with Crippen LogP contribution >= 0.6 is 0 Å². The highest BCUT2D eigenvalue weighted by atomic mass is 16.5. The van der Waals surface area contributed by atoms with E-state index in [-0.39, 0.29) is 0 Å². The number of hydrogen-bond acceptors (Lipinski definition) is 2. The topological polar surface area (TPSA) is 22.4 Å². The smallest absolute Gasteiger partial charge is 0.145 e. The van der Waals surface area contributed by atoms with Gasteiger partial charge in [-0.3, -0.25) is 0 Å². The van der Waals surface area contributed by atoms with Crippen LogP contribution in [0, 0.1) is 0 Å². The molecule has 2 nitrogen and oxygen atoms in total. The normalized spacial score (nSPS) is 9.30. The zero-order valence-electron chi connectivity index (χ0n) is 5.96. The minimum absolute atomic E-state index is 0.475. The highest BCUT2D eigenvalue weighted by molar-refractivity contribution is 4.96. The van der Waals surface area contributed by atoms with Crippen molar-refractivity contribution in [1.29, 1.82) is 0 Å². The fraction of sp³-hybridized carbons (Fsp3) is 0.250. The Morgan fingerprint density at radius 1 is 1.80 bits per heavy atom. The lowest BCUT2D eigenvalue weighted by Gasteiger charge is -2.00. The van der Waals surface area contributed by atoms with Gasteiger partial charge in [-0.15, -0.1) is 0 Å².